The fourth-order valence-corrected chi connectivity index (χ4v) is 8.50. The van der Waals surface area contributed by atoms with Crippen LogP contribution in [0.15, 0.2) is 120 Å². The van der Waals surface area contributed by atoms with E-state index in [1.165, 1.54) is 0 Å². The Labute approximate surface area is 174 Å². The van der Waals surface area contributed by atoms with Gasteiger partial charge in [-0.15, -0.1) is 0 Å². The van der Waals surface area contributed by atoms with Gasteiger partial charge >= 0.3 is 0 Å². The van der Waals surface area contributed by atoms with E-state index in [1.54, 1.807) is 0 Å². The van der Waals surface area contributed by atoms with Crippen LogP contribution >= 0.6 is 15.9 Å². The maximum absolute atomic E-state index is 14.2. The van der Waals surface area contributed by atoms with Crippen LogP contribution < -0.4 is 15.6 Å². The number of rotatable bonds is 5. The molecule has 0 saturated heterocycles. The average Bonchev–Trinajstić information content (AvgIpc) is 2.77. The Morgan fingerprint density at radius 2 is 0.893 bits per heavy atom. The topological polar surface area (TPSA) is 17.1 Å². The Morgan fingerprint density at radius 3 is 1.25 bits per heavy atom. The molecule has 0 aliphatic carbocycles. The molecule has 0 atom stereocenters. The molecule has 0 N–H and O–H groups in total. The highest BCUT2D eigenvalue weighted by atomic mass is 79.9. The van der Waals surface area contributed by atoms with Crippen molar-refractivity contribution in [2.75, 3.05) is 0 Å². The summed E-state index contributed by atoms with van der Waals surface area (Å²) in [6, 6.07) is 38.5. The molecule has 0 fully saturated rings. The zero-order valence-electron chi connectivity index (χ0n) is 15.3. The Kier molecular flexibility index (Phi) is 5.37. The van der Waals surface area contributed by atoms with Gasteiger partial charge in [0.1, 0.15) is 0 Å². The summed E-state index contributed by atoms with van der Waals surface area (Å²) in [6.07, 6.45) is 0. The fraction of sp³-hybridized carbons (Fsp3) is 0. The van der Waals surface area contributed by atoms with E-state index in [2.05, 4.69) is 52.3 Å². The second-order valence-corrected chi connectivity index (χ2v) is 11.3. The maximum Gasteiger partial charge on any atom is 0.230 e. The molecule has 136 valence electrons. The molecule has 1 nitrogen and oxygen atoms in total. The van der Waals surface area contributed by atoms with Gasteiger partial charge in [0.2, 0.25) is 8.07 Å². The number of hydrogen-bond donors (Lipinski definition) is 0. The standard InChI is InChI=1S/C25H19BrOSi/c26-21-18-16-20(17-19-21)25(27)28(22-10-4-1-5-11-22,23-12-6-2-7-13-23)24-14-8-3-9-15-24/h1-19H. The summed E-state index contributed by atoms with van der Waals surface area (Å²) in [5, 5.41) is 3.49. The zero-order valence-corrected chi connectivity index (χ0v) is 17.8. The molecule has 4 rings (SSSR count). The van der Waals surface area contributed by atoms with Crippen molar-refractivity contribution in [2.45, 2.75) is 0 Å². The summed E-state index contributed by atoms with van der Waals surface area (Å²) in [7, 11) is -2.94. The van der Waals surface area contributed by atoms with Gasteiger partial charge in [0.25, 0.3) is 0 Å². The first-order valence-electron chi connectivity index (χ1n) is 9.20. The quantitative estimate of drug-likeness (QED) is 0.331. The maximum atomic E-state index is 14.2. The molecular formula is C25H19BrOSi. The van der Waals surface area contributed by atoms with Crippen LogP contribution in [0.2, 0.25) is 0 Å². The molecule has 4 aromatic carbocycles. The molecule has 0 heterocycles. The van der Waals surface area contributed by atoms with Crippen LogP contribution in [0, 0.1) is 0 Å². The number of carbonyl (C=O) groups is 1. The van der Waals surface area contributed by atoms with E-state index in [9.17, 15) is 4.79 Å². The first kappa shape index (κ1) is 18.6. The second kappa shape index (κ2) is 8.09. The lowest BCUT2D eigenvalue weighted by Crippen LogP contribution is -2.72. The van der Waals surface area contributed by atoms with E-state index in [1.807, 2.05) is 78.9 Å². The number of carbonyl (C=O) groups excluding carboxylic acids is 1. The lowest BCUT2D eigenvalue weighted by Gasteiger charge is -2.32. The van der Waals surface area contributed by atoms with Crippen molar-refractivity contribution in [3.05, 3.63) is 125 Å². The minimum absolute atomic E-state index is 0.198. The van der Waals surface area contributed by atoms with Gasteiger partial charge < -0.3 is 0 Å². The molecule has 0 bridgehead atoms. The van der Waals surface area contributed by atoms with E-state index >= 15 is 0 Å². The van der Waals surface area contributed by atoms with Crippen molar-refractivity contribution in [3.8, 4) is 0 Å². The minimum atomic E-state index is -2.94. The van der Waals surface area contributed by atoms with Crippen LogP contribution in [0.1, 0.15) is 10.4 Å². The van der Waals surface area contributed by atoms with Crippen molar-refractivity contribution in [2.24, 2.45) is 0 Å². The van der Waals surface area contributed by atoms with Crippen molar-refractivity contribution in [1.29, 1.82) is 0 Å². The molecule has 0 aliphatic rings. The van der Waals surface area contributed by atoms with Crippen molar-refractivity contribution in [3.63, 3.8) is 0 Å². The predicted molar refractivity (Wildman–Crippen MR) is 122 cm³/mol. The Hall–Kier alpha value is -2.75. The molecule has 4 aromatic rings. The SMILES string of the molecule is O=C(c1ccc(Br)cc1)[Si](c1ccccc1)(c1ccccc1)c1ccccc1. The summed E-state index contributed by atoms with van der Waals surface area (Å²) in [6.45, 7) is 0. The third-order valence-corrected chi connectivity index (χ3v) is 10.2. The van der Waals surface area contributed by atoms with Crippen LogP contribution in [0.4, 0.5) is 0 Å². The average molecular weight is 443 g/mol. The van der Waals surface area contributed by atoms with Crippen LogP contribution in [-0.4, -0.2) is 13.5 Å². The third-order valence-electron chi connectivity index (χ3n) is 5.07. The van der Waals surface area contributed by atoms with E-state index in [0.29, 0.717) is 0 Å². The van der Waals surface area contributed by atoms with E-state index in [0.717, 1.165) is 25.6 Å². The van der Waals surface area contributed by atoms with Gasteiger partial charge in [-0.25, -0.2) is 0 Å². The summed E-state index contributed by atoms with van der Waals surface area (Å²) in [5.41, 5.74) is 0.742. The summed E-state index contributed by atoms with van der Waals surface area (Å²) >= 11 is 3.48. The van der Waals surface area contributed by atoms with Crippen molar-refractivity contribution in [1.82, 2.24) is 0 Å². The largest absolute Gasteiger partial charge is 0.299 e. The number of hydrogen-bond acceptors (Lipinski definition) is 1. The molecule has 0 saturated carbocycles. The molecule has 3 heteroatoms. The highest BCUT2D eigenvalue weighted by Gasteiger charge is 2.47. The van der Waals surface area contributed by atoms with Crippen LogP contribution in [0.5, 0.6) is 0 Å². The van der Waals surface area contributed by atoms with Gasteiger partial charge in [0.15, 0.2) is 5.41 Å². The second-order valence-electron chi connectivity index (χ2n) is 6.68. The zero-order chi connectivity index (χ0) is 19.4. The third kappa shape index (κ3) is 3.28. The van der Waals surface area contributed by atoms with Gasteiger partial charge in [-0.05, 0) is 27.7 Å². The fourth-order valence-electron chi connectivity index (χ4n) is 3.78. The summed E-state index contributed by atoms with van der Waals surface area (Å²) in [5.74, 6) is 0. The van der Waals surface area contributed by atoms with Gasteiger partial charge in [-0.1, -0.05) is 119 Å². The Bertz CT molecular complexity index is 965. The lowest BCUT2D eigenvalue weighted by molar-refractivity contribution is 0.107. The first-order valence-corrected chi connectivity index (χ1v) is 12.0. The van der Waals surface area contributed by atoms with Gasteiger partial charge in [0.05, 0.1) is 0 Å². The van der Waals surface area contributed by atoms with Crippen molar-refractivity contribution < 1.29 is 4.79 Å². The summed E-state index contributed by atoms with van der Waals surface area (Å²) < 4.78 is 0.968. The molecule has 0 amide bonds. The highest BCUT2D eigenvalue weighted by molar-refractivity contribution is 9.10. The summed E-state index contributed by atoms with van der Waals surface area (Å²) in [4.78, 5) is 14.2. The van der Waals surface area contributed by atoms with Crippen molar-refractivity contribution >= 4 is 45.0 Å². The normalized spacial score (nSPS) is 11.2. The monoisotopic (exact) mass is 442 g/mol. The number of benzene rings is 4. The van der Waals surface area contributed by atoms with Crippen LogP contribution in [0.25, 0.3) is 0 Å². The van der Waals surface area contributed by atoms with E-state index < -0.39 is 8.07 Å². The molecule has 0 unspecified atom stereocenters. The lowest BCUT2D eigenvalue weighted by atomic mass is 10.2. The predicted octanol–water partition coefficient (Wildman–Crippen LogP) is 4.34. The molecular weight excluding hydrogens is 424 g/mol. The first-order chi connectivity index (χ1) is 13.7. The molecule has 0 radical (unpaired) electrons. The molecule has 0 aromatic heterocycles. The molecule has 28 heavy (non-hydrogen) atoms. The van der Waals surface area contributed by atoms with Gasteiger partial charge in [0, 0.05) is 10.0 Å². The van der Waals surface area contributed by atoms with E-state index in [4.69, 9.17) is 0 Å². The van der Waals surface area contributed by atoms with E-state index in [-0.39, 0.29) is 5.41 Å². The van der Waals surface area contributed by atoms with Crippen LogP contribution in [-0.2, 0) is 0 Å². The van der Waals surface area contributed by atoms with Gasteiger partial charge in [-0.2, -0.15) is 0 Å². The van der Waals surface area contributed by atoms with Gasteiger partial charge in [-0.3, -0.25) is 4.79 Å². The minimum Gasteiger partial charge on any atom is -0.299 e. The smallest absolute Gasteiger partial charge is 0.230 e. The highest BCUT2D eigenvalue weighted by Crippen LogP contribution is 2.17. The Balaban J connectivity index is 2.07. The Morgan fingerprint density at radius 1 is 0.536 bits per heavy atom. The molecule has 0 spiro atoms. The number of halogens is 1. The van der Waals surface area contributed by atoms with Crippen LogP contribution in [0.3, 0.4) is 0 Å². The molecule has 0 aliphatic heterocycles.